The summed E-state index contributed by atoms with van der Waals surface area (Å²) in [7, 11) is 0. The highest BCUT2D eigenvalue weighted by Gasteiger charge is 2.30. The molecular weight excluding hydrogens is 232 g/mol. The summed E-state index contributed by atoms with van der Waals surface area (Å²) in [5, 5.41) is 0. The highest BCUT2D eigenvalue weighted by Crippen LogP contribution is 2.15. The maximum Gasteiger partial charge on any atom is 0.410 e. The zero-order valence-electron chi connectivity index (χ0n) is 11.6. The van der Waals surface area contributed by atoms with Crippen molar-refractivity contribution < 1.29 is 14.3 Å². The highest BCUT2D eigenvalue weighted by molar-refractivity contribution is 5.87. The minimum atomic E-state index is -0.492. The number of rotatable bonds is 1. The monoisotopic (exact) mass is 254 g/mol. The molecular formula is C13H22N2O3. The van der Waals surface area contributed by atoms with Gasteiger partial charge in [0, 0.05) is 25.7 Å². The summed E-state index contributed by atoms with van der Waals surface area (Å²) >= 11 is 0. The molecule has 0 radical (unpaired) electrons. The van der Waals surface area contributed by atoms with E-state index in [0.29, 0.717) is 19.6 Å². The lowest BCUT2D eigenvalue weighted by molar-refractivity contribution is -0.130. The molecule has 1 atom stereocenters. The Balaban J connectivity index is 2.58. The molecule has 1 rings (SSSR count). The lowest BCUT2D eigenvalue weighted by Crippen LogP contribution is -2.55. The lowest BCUT2D eigenvalue weighted by Gasteiger charge is -2.39. The van der Waals surface area contributed by atoms with Gasteiger partial charge in [0.1, 0.15) is 5.60 Å². The van der Waals surface area contributed by atoms with Gasteiger partial charge in [-0.2, -0.15) is 0 Å². The van der Waals surface area contributed by atoms with Gasteiger partial charge in [-0.15, -0.1) is 0 Å². The molecule has 0 saturated carbocycles. The molecule has 1 aliphatic rings. The summed E-state index contributed by atoms with van der Waals surface area (Å²) < 4.78 is 5.31. The summed E-state index contributed by atoms with van der Waals surface area (Å²) in [6.07, 6.45) is 0.986. The molecule has 1 aliphatic heterocycles. The number of nitrogens with zero attached hydrogens (tertiary/aromatic N) is 2. The fourth-order valence-electron chi connectivity index (χ4n) is 1.89. The van der Waals surface area contributed by atoms with Gasteiger partial charge in [-0.25, -0.2) is 4.79 Å². The molecule has 18 heavy (non-hydrogen) atoms. The Labute approximate surface area is 108 Å². The fourth-order valence-corrected chi connectivity index (χ4v) is 1.89. The van der Waals surface area contributed by atoms with Crippen molar-refractivity contribution in [2.45, 2.75) is 39.3 Å². The predicted octanol–water partition coefficient (Wildman–Crippen LogP) is 1.64. The van der Waals surface area contributed by atoms with Crippen LogP contribution in [0.15, 0.2) is 12.7 Å². The SMILES string of the molecule is C=CC(=O)N1CCN(C(=O)OC(C)(C)C)C[C@@H]1C. The van der Waals surface area contributed by atoms with Crippen molar-refractivity contribution in [3.8, 4) is 0 Å². The van der Waals surface area contributed by atoms with Gasteiger partial charge in [0.25, 0.3) is 0 Å². The Bertz CT molecular complexity index is 347. The van der Waals surface area contributed by atoms with Gasteiger partial charge in [-0.05, 0) is 33.8 Å². The van der Waals surface area contributed by atoms with Crippen LogP contribution < -0.4 is 0 Å². The van der Waals surface area contributed by atoms with E-state index in [-0.39, 0.29) is 18.0 Å². The molecule has 1 fully saturated rings. The number of hydrogen-bond donors (Lipinski definition) is 0. The molecule has 0 spiro atoms. The number of piperazine rings is 1. The van der Waals surface area contributed by atoms with Gasteiger partial charge in [0.15, 0.2) is 0 Å². The summed E-state index contributed by atoms with van der Waals surface area (Å²) in [6, 6.07) is -0.0169. The standard InChI is InChI=1S/C13H22N2O3/c1-6-11(16)15-8-7-14(9-10(15)2)12(17)18-13(3,4)5/h6,10H,1,7-9H2,2-5H3/t10-/m0/s1. The first-order chi connectivity index (χ1) is 8.24. The van der Waals surface area contributed by atoms with Crippen LogP contribution in [-0.2, 0) is 9.53 Å². The Morgan fingerprint density at radius 2 is 1.94 bits per heavy atom. The van der Waals surface area contributed by atoms with Gasteiger partial charge in [0.05, 0.1) is 0 Å². The quantitative estimate of drug-likeness (QED) is 0.668. The van der Waals surface area contributed by atoms with E-state index in [4.69, 9.17) is 4.74 Å². The second-order valence-corrected chi connectivity index (χ2v) is 5.51. The zero-order chi connectivity index (χ0) is 13.9. The molecule has 0 unspecified atom stereocenters. The van der Waals surface area contributed by atoms with Crippen molar-refractivity contribution in [3.05, 3.63) is 12.7 Å². The maximum atomic E-state index is 11.9. The Kier molecular flexibility index (Phi) is 4.38. The molecule has 2 amide bonds. The number of amides is 2. The van der Waals surface area contributed by atoms with Crippen LogP contribution >= 0.6 is 0 Å². The van der Waals surface area contributed by atoms with Crippen molar-refractivity contribution in [2.75, 3.05) is 19.6 Å². The van der Waals surface area contributed by atoms with E-state index in [1.807, 2.05) is 27.7 Å². The summed E-state index contributed by atoms with van der Waals surface area (Å²) in [4.78, 5) is 26.8. The molecule has 102 valence electrons. The van der Waals surface area contributed by atoms with Gasteiger partial charge in [-0.1, -0.05) is 6.58 Å². The fraction of sp³-hybridized carbons (Fsp3) is 0.692. The van der Waals surface area contributed by atoms with Gasteiger partial charge < -0.3 is 14.5 Å². The molecule has 0 N–H and O–H groups in total. The molecule has 0 aromatic heterocycles. The molecule has 0 aromatic rings. The van der Waals surface area contributed by atoms with Crippen molar-refractivity contribution in [3.63, 3.8) is 0 Å². The van der Waals surface area contributed by atoms with Crippen molar-refractivity contribution >= 4 is 12.0 Å². The normalized spacial score (nSPS) is 20.6. The van der Waals surface area contributed by atoms with Crippen molar-refractivity contribution in [2.24, 2.45) is 0 Å². The number of carbonyl (C=O) groups is 2. The van der Waals surface area contributed by atoms with Crippen LogP contribution in [0.25, 0.3) is 0 Å². The molecule has 0 aromatic carbocycles. The van der Waals surface area contributed by atoms with E-state index in [0.717, 1.165) is 0 Å². The average Bonchev–Trinajstić information content (AvgIpc) is 2.25. The minimum Gasteiger partial charge on any atom is -0.444 e. The summed E-state index contributed by atoms with van der Waals surface area (Å²) in [5.74, 6) is -0.0914. The molecule has 5 heteroatoms. The van der Waals surface area contributed by atoms with Crippen LogP contribution in [0.4, 0.5) is 4.79 Å². The third-order valence-electron chi connectivity index (χ3n) is 2.74. The average molecular weight is 254 g/mol. The van der Waals surface area contributed by atoms with E-state index < -0.39 is 5.60 Å². The van der Waals surface area contributed by atoms with Crippen LogP contribution in [-0.4, -0.2) is 53.1 Å². The van der Waals surface area contributed by atoms with Gasteiger partial charge in [-0.3, -0.25) is 4.79 Å². The first-order valence-corrected chi connectivity index (χ1v) is 6.15. The second-order valence-electron chi connectivity index (χ2n) is 5.51. The van der Waals surface area contributed by atoms with E-state index in [2.05, 4.69) is 6.58 Å². The summed E-state index contributed by atoms with van der Waals surface area (Å²) in [5.41, 5.74) is -0.492. The topological polar surface area (TPSA) is 49.9 Å². The summed E-state index contributed by atoms with van der Waals surface area (Å²) in [6.45, 7) is 12.4. The minimum absolute atomic E-state index is 0.0169. The molecule has 0 bridgehead atoms. The van der Waals surface area contributed by atoms with Gasteiger partial charge >= 0.3 is 6.09 Å². The smallest absolute Gasteiger partial charge is 0.410 e. The second kappa shape index (κ2) is 5.42. The number of hydrogen-bond acceptors (Lipinski definition) is 3. The van der Waals surface area contributed by atoms with Gasteiger partial charge in [0.2, 0.25) is 5.91 Å². The molecule has 0 aliphatic carbocycles. The Hall–Kier alpha value is -1.52. The molecule has 1 heterocycles. The van der Waals surface area contributed by atoms with E-state index in [9.17, 15) is 9.59 Å². The largest absolute Gasteiger partial charge is 0.444 e. The Morgan fingerprint density at radius 1 is 1.33 bits per heavy atom. The highest BCUT2D eigenvalue weighted by atomic mass is 16.6. The van der Waals surface area contributed by atoms with Crippen LogP contribution in [0.3, 0.4) is 0 Å². The van der Waals surface area contributed by atoms with E-state index in [1.54, 1.807) is 9.80 Å². The first kappa shape index (κ1) is 14.5. The van der Waals surface area contributed by atoms with Crippen LogP contribution in [0.2, 0.25) is 0 Å². The Morgan fingerprint density at radius 3 is 2.39 bits per heavy atom. The zero-order valence-corrected chi connectivity index (χ0v) is 11.6. The third kappa shape index (κ3) is 3.75. The van der Waals surface area contributed by atoms with Crippen molar-refractivity contribution in [1.29, 1.82) is 0 Å². The van der Waals surface area contributed by atoms with Crippen molar-refractivity contribution in [1.82, 2.24) is 9.80 Å². The molecule has 1 saturated heterocycles. The van der Waals surface area contributed by atoms with E-state index >= 15 is 0 Å². The predicted molar refractivity (Wildman–Crippen MR) is 69.2 cm³/mol. The first-order valence-electron chi connectivity index (χ1n) is 6.15. The van der Waals surface area contributed by atoms with Crippen LogP contribution in [0.5, 0.6) is 0 Å². The number of carbonyl (C=O) groups excluding carboxylic acids is 2. The number of ether oxygens (including phenoxy) is 1. The molecule has 5 nitrogen and oxygen atoms in total. The van der Waals surface area contributed by atoms with Crippen LogP contribution in [0.1, 0.15) is 27.7 Å². The maximum absolute atomic E-state index is 11.9. The van der Waals surface area contributed by atoms with E-state index in [1.165, 1.54) is 6.08 Å². The third-order valence-corrected chi connectivity index (χ3v) is 2.74. The lowest BCUT2D eigenvalue weighted by atomic mass is 10.2. The van der Waals surface area contributed by atoms with Crippen LogP contribution in [0, 0.1) is 0 Å².